The van der Waals surface area contributed by atoms with Crippen molar-refractivity contribution >= 4 is 11.0 Å². The van der Waals surface area contributed by atoms with Crippen LogP contribution in [0.2, 0.25) is 0 Å². The van der Waals surface area contributed by atoms with Gasteiger partial charge in [0.1, 0.15) is 17.5 Å². The number of aliphatic hydroxyl groups is 1. The molecule has 0 bridgehead atoms. The quantitative estimate of drug-likeness (QED) is 0.939. The number of likely N-dealkylation sites (tertiary alicyclic amines) is 1. The molecule has 2 aromatic rings. The van der Waals surface area contributed by atoms with E-state index in [-0.39, 0.29) is 18.5 Å². The second-order valence-corrected chi connectivity index (χ2v) is 5.48. The number of alkyl halides is 1. The van der Waals surface area contributed by atoms with E-state index in [0.29, 0.717) is 37.4 Å². The predicted octanol–water partition coefficient (Wildman–Crippen LogP) is 2.10. The first kappa shape index (κ1) is 14.4. The Bertz CT molecular complexity index is 643. The Kier molecular flexibility index (Phi) is 3.91. The molecule has 1 aromatic heterocycles. The van der Waals surface area contributed by atoms with Gasteiger partial charge in [-0.1, -0.05) is 6.07 Å². The highest BCUT2D eigenvalue weighted by Crippen LogP contribution is 2.25. The third kappa shape index (κ3) is 2.53. The maximum absolute atomic E-state index is 13.8. The van der Waals surface area contributed by atoms with Gasteiger partial charge in [0.2, 0.25) is 0 Å². The summed E-state index contributed by atoms with van der Waals surface area (Å²) in [4.78, 5) is 6.27. The van der Waals surface area contributed by atoms with Gasteiger partial charge in [0.05, 0.1) is 18.7 Å². The highest BCUT2D eigenvalue weighted by Gasteiger charge is 2.32. The molecule has 0 aliphatic carbocycles. The number of aliphatic hydroxyl groups excluding tert-OH is 1. The SMILES string of the molecule is CCn1c(CN2C[C@@H](F)C[C@H]2CO)nc2c(F)cccc21. The van der Waals surface area contributed by atoms with Gasteiger partial charge in [-0.3, -0.25) is 4.90 Å². The maximum atomic E-state index is 13.8. The van der Waals surface area contributed by atoms with Gasteiger partial charge in [-0.25, -0.2) is 13.8 Å². The number of benzene rings is 1. The Balaban J connectivity index is 1.95. The Morgan fingerprint density at radius 3 is 2.95 bits per heavy atom. The number of aryl methyl sites for hydroxylation is 1. The van der Waals surface area contributed by atoms with Crippen LogP contribution in [-0.2, 0) is 13.1 Å². The second kappa shape index (κ2) is 5.69. The zero-order chi connectivity index (χ0) is 15.0. The summed E-state index contributed by atoms with van der Waals surface area (Å²) in [6, 6.07) is 4.71. The van der Waals surface area contributed by atoms with Crippen molar-refractivity contribution in [3.05, 3.63) is 29.8 Å². The zero-order valence-electron chi connectivity index (χ0n) is 12.0. The van der Waals surface area contributed by atoms with Crippen molar-refractivity contribution in [1.82, 2.24) is 14.5 Å². The molecule has 0 saturated carbocycles. The Morgan fingerprint density at radius 1 is 1.43 bits per heavy atom. The molecule has 21 heavy (non-hydrogen) atoms. The van der Waals surface area contributed by atoms with E-state index in [1.54, 1.807) is 6.07 Å². The molecule has 1 aromatic carbocycles. The molecule has 0 amide bonds. The summed E-state index contributed by atoms with van der Waals surface area (Å²) in [6.45, 7) is 3.29. The minimum absolute atomic E-state index is 0.0683. The molecule has 1 fully saturated rings. The highest BCUT2D eigenvalue weighted by molar-refractivity contribution is 5.76. The molecule has 0 radical (unpaired) electrons. The minimum atomic E-state index is -0.918. The molecule has 2 atom stereocenters. The summed E-state index contributed by atoms with van der Waals surface area (Å²) in [7, 11) is 0. The van der Waals surface area contributed by atoms with Gasteiger partial charge in [0.25, 0.3) is 0 Å². The lowest BCUT2D eigenvalue weighted by Gasteiger charge is -2.22. The largest absolute Gasteiger partial charge is 0.395 e. The first-order chi connectivity index (χ1) is 10.1. The summed E-state index contributed by atoms with van der Waals surface area (Å²) >= 11 is 0. The molecule has 0 unspecified atom stereocenters. The van der Waals surface area contributed by atoms with Crippen molar-refractivity contribution in [3.63, 3.8) is 0 Å². The number of para-hydroxylation sites is 1. The second-order valence-electron chi connectivity index (χ2n) is 5.48. The summed E-state index contributed by atoms with van der Waals surface area (Å²) < 4.78 is 29.3. The standard InChI is InChI=1S/C15H19F2N3O/c1-2-20-13-5-3-4-12(17)15(13)18-14(20)8-19-7-10(16)6-11(19)9-21/h3-5,10-11,21H,2,6-9H2,1H3/t10-,11-/m0/s1. The fourth-order valence-electron chi connectivity index (χ4n) is 3.12. The fraction of sp³-hybridized carbons (Fsp3) is 0.533. The van der Waals surface area contributed by atoms with E-state index in [4.69, 9.17) is 0 Å². The predicted molar refractivity (Wildman–Crippen MR) is 76.2 cm³/mol. The zero-order valence-corrected chi connectivity index (χ0v) is 12.0. The Labute approximate surface area is 122 Å². The Morgan fingerprint density at radius 2 is 2.24 bits per heavy atom. The van der Waals surface area contributed by atoms with E-state index in [1.807, 2.05) is 22.5 Å². The monoisotopic (exact) mass is 295 g/mol. The molecule has 4 nitrogen and oxygen atoms in total. The smallest absolute Gasteiger partial charge is 0.151 e. The van der Waals surface area contributed by atoms with Crippen LogP contribution in [0.25, 0.3) is 11.0 Å². The molecule has 0 spiro atoms. The molecular weight excluding hydrogens is 276 g/mol. The third-order valence-electron chi connectivity index (χ3n) is 4.16. The van der Waals surface area contributed by atoms with Gasteiger partial charge in [-0.15, -0.1) is 0 Å². The van der Waals surface area contributed by atoms with Crippen LogP contribution in [0.3, 0.4) is 0 Å². The average Bonchev–Trinajstić information content (AvgIpc) is 3.00. The van der Waals surface area contributed by atoms with E-state index in [2.05, 4.69) is 4.98 Å². The van der Waals surface area contributed by atoms with E-state index in [9.17, 15) is 13.9 Å². The summed E-state index contributed by atoms with van der Waals surface area (Å²) in [5, 5.41) is 9.35. The van der Waals surface area contributed by atoms with Crippen LogP contribution in [-0.4, -0.2) is 44.9 Å². The lowest BCUT2D eigenvalue weighted by atomic mass is 10.2. The molecule has 3 rings (SSSR count). The lowest BCUT2D eigenvalue weighted by molar-refractivity contribution is 0.149. The van der Waals surface area contributed by atoms with Crippen molar-refractivity contribution in [3.8, 4) is 0 Å². The van der Waals surface area contributed by atoms with E-state index in [1.165, 1.54) is 6.07 Å². The number of rotatable bonds is 4. The molecule has 1 N–H and O–H groups in total. The first-order valence-electron chi connectivity index (χ1n) is 7.26. The van der Waals surface area contributed by atoms with Crippen LogP contribution < -0.4 is 0 Å². The first-order valence-corrected chi connectivity index (χ1v) is 7.26. The van der Waals surface area contributed by atoms with Crippen LogP contribution >= 0.6 is 0 Å². The van der Waals surface area contributed by atoms with Crippen molar-refractivity contribution in [1.29, 1.82) is 0 Å². The third-order valence-corrected chi connectivity index (χ3v) is 4.16. The minimum Gasteiger partial charge on any atom is -0.395 e. The van der Waals surface area contributed by atoms with Crippen molar-refractivity contribution in [2.24, 2.45) is 0 Å². The van der Waals surface area contributed by atoms with E-state index >= 15 is 0 Å². The number of hydrogen-bond donors (Lipinski definition) is 1. The number of aromatic nitrogens is 2. The van der Waals surface area contributed by atoms with Crippen molar-refractivity contribution in [2.45, 2.75) is 38.6 Å². The molecule has 114 valence electrons. The summed E-state index contributed by atoms with van der Waals surface area (Å²) in [5.41, 5.74) is 1.11. The lowest BCUT2D eigenvalue weighted by Crippen LogP contribution is -2.32. The van der Waals surface area contributed by atoms with Crippen LogP contribution in [0.15, 0.2) is 18.2 Å². The van der Waals surface area contributed by atoms with Crippen LogP contribution in [0.1, 0.15) is 19.2 Å². The highest BCUT2D eigenvalue weighted by atomic mass is 19.1. The molecular formula is C15H19F2N3O. The van der Waals surface area contributed by atoms with Crippen LogP contribution in [0, 0.1) is 5.82 Å². The molecule has 2 heterocycles. The van der Waals surface area contributed by atoms with Crippen molar-refractivity contribution < 1.29 is 13.9 Å². The normalized spacial score (nSPS) is 23.2. The van der Waals surface area contributed by atoms with Gasteiger partial charge >= 0.3 is 0 Å². The average molecular weight is 295 g/mol. The fourth-order valence-corrected chi connectivity index (χ4v) is 3.12. The van der Waals surface area contributed by atoms with Gasteiger partial charge in [-0.2, -0.15) is 0 Å². The van der Waals surface area contributed by atoms with Gasteiger partial charge < -0.3 is 9.67 Å². The maximum Gasteiger partial charge on any atom is 0.151 e. The number of nitrogens with zero attached hydrogens (tertiary/aromatic N) is 3. The molecule has 1 aliphatic rings. The summed E-state index contributed by atoms with van der Waals surface area (Å²) in [6.07, 6.45) is -0.574. The van der Waals surface area contributed by atoms with Crippen LogP contribution in [0.5, 0.6) is 0 Å². The number of imidazole rings is 1. The van der Waals surface area contributed by atoms with Gasteiger partial charge in [-0.05, 0) is 25.5 Å². The number of hydrogen-bond acceptors (Lipinski definition) is 3. The van der Waals surface area contributed by atoms with E-state index < -0.39 is 6.17 Å². The Hall–Kier alpha value is -1.53. The van der Waals surface area contributed by atoms with Gasteiger partial charge in [0, 0.05) is 19.1 Å². The topological polar surface area (TPSA) is 41.3 Å². The van der Waals surface area contributed by atoms with Crippen LogP contribution in [0.4, 0.5) is 8.78 Å². The van der Waals surface area contributed by atoms with Gasteiger partial charge in [0.15, 0.2) is 5.82 Å². The summed E-state index contributed by atoms with van der Waals surface area (Å²) in [5.74, 6) is 0.370. The van der Waals surface area contributed by atoms with E-state index in [0.717, 1.165) is 5.52 Å². The van der Waals surface area contributed by atoms with Crippen molar-refractivity contribution in [2.75, 3.05) is 13.2 Å². The number of halogens is 2. The molecule has 6 heteroatoms. The number of fused-ring (bicyclic) bond motifs is 1. The molecule has 1 aliphatic heterocycles. The molecule has 1 saturated heterocycles.